The third kappa shape index (κ3) is 4.09. The van der Waals surface area contributed by atoms with E-state index in [-0.39, 0.29) is 0 Å². The van der Waals surface area contributed by atoms with Crippen LogP contribution in [-0.4, -0.2) is 67.8 Å². The number of aromatic nitrogens is 6. The summed E-state index contributed by atoms with van der Waals surface area (Å²) in [5.41, 5.74) is 0. The van der Waals surface area contributed by atoms with Crippen LogP contribution in [0.25, 0.3) is 5.95 Å². The molecule has 21 heavy (non-hydrogen) atoms. The van der Waals surface area contributed by atoms with Crippen molar-refractivity contribution in [2.24, 2.45) is 0 Å². The molecule has 9 nitrogen and oxygen atoms in total. The van der Waals surface area contributed by atoms with E-state index >= 15 is 0 Å². The Labute approximate surface area is 123 Å². The maximum atomic E-state index is 4.36. The Morgan fingerprint density at radius 1 is 1.19 bits per heavy atom. The molecule has 2 N–H and O–H groups in total. The van der Waals surface area contributed by atoms with Crippen molar-refractivity contribution in [3.63, 3.8) is 0 Å². The van der Waals surface area contributed by atoms with E-state index in [4.69, 9.17) is 0 Å². The lowest BCUT2D eigenvalue weighted by Gasteiger charge is -2.20. The summed E-state index contributed by atoms with van der Waals surface area (Å²) in [4.78, 5) is 19.0. The van der Waals surface area contributed by atoms with Gasteiger partial charge in [-0.05, 0) is 27.9 Å². The predicted molar refractivity (Wildman–Crippen MR) is 80.5 cm³/mol. The number of likely N-dealkylation sites (N-methyl/N-ethyl adjacent to an activating group) is 1. The minimum absolute atomic E-state index is 0.360. The molecule has 0 aliphatic heterocycles. The number of hydrogen-bond donors (Lipinski definition) is 2. The summed E-state index contributed by atoms with van der Waals surface area (Å²) in [6.07, 6.45) is 3.00. The second-order valence-electron chi connectivity index (χ2n) is 4.85. The van der Waals surface area contributed by atoms with Gasteiger partial charge in [-0.25, -0.2) is 4.98 Å². The van der Waals surface area contributed by atoms with Crippen LogP contribution in [0.15, 0.2) is 12.7 Å². The molecule has 0 radical (unpaired) electrons. The van der Waals surface area contributed by atoms with Gasteiger partial charge in [0.1, 0.15) is 12.7 Å². The van der Waals surface area contributed by atoms with Crippen molar-refractivity contribution < 1.29 is 0 Å². The van der Waals surface area contributed by atoms with Gasteiger partial charge in [-0.15, -0.1) is 0 Å². The van der Waals surface area contributed by atoms with Crippen LogP contribution in [0.4, 0.5) is 11.9 Å². The van der Waals surface area contributed by atoms with E-state index in [0.717, 1.165) is 13.1 Å². The molecule has 0 aromatic carbocycles. The first kappa shape index (κ1) is 15.1. The lowest BCUT2D eigenvalue weighted by molar-refractivity contribution is 0.325. The Morgan fingerprint density at radius 2 is 1.90 bits per heavy atom. The van der Waals surface area contributed by atoms with Gasteiger partial charge in [-0.2, -0.15) is 24.7 Å². The van der Waals surface area contributed by atoms with Crippen molar-refractivity contribution >= 4 is 11.9 Å². The predicted octanol–water partition coefficient (Wildman–Crippen LogP) is 0.246. The van der Waals surface area contributed by atoms with Gasteiger partial charge in [0.25, 0.3) is 5.95 Å². The number of hydrogen-bond acceptors (Lipinski definition) is 8. The van der Waals surface area contributed by atoms with Crippen LogP contribution in [0.3, 0.4) is 0 Å². The Balaban J connectivity index is 2.19. The summed E-state index contributed by atoms with van der Waals surface area (Å²) >= 11 is 0. The van der Waals surface area contributed by atoms with Crippen LogP contribution in [-0.2, 0) is 0 Å². The van der Waals surface area contributed by atoms with Gasteiger partial charge in [0.15, 0.2) is 0 Å². The monoisotopic (exact) mass is 291 g/mol. The summed E-state index contributed by atoms with van der Waals surface area (Å²) in [6, 6.07) is 0.360. The molecule has 0 aliphatic rings. The van der Waals surface area contributed by atoms with E-state index in [2.05, 4.69) is 47.5 Å². The van der Waals surface area contributed by atoms with E-state index < -0.39 is 0 Å². The van der Waals surface area contributed by atoms with Gasteiger partial charge in [0.2, 0.25) is 11.9 Å². The van der Waals surface area contributed by atoms with Crippen LogP contribution >= 0.6 is 0 Å². The van der Waals surface area contributed by atoms with Crippen molar-refractivity contribution in [1.29, 1.82) is 0 Å². The SMILES string of the molecule is CCNc1nc(NCC(C)N(C)C)nc(-n2cncn2)n1. The molecule has 0 spiro atoms. The van der Waals surface area contributed by atoms with Crippen LogP contribution in [0.5, 0.6) is 0 Å². The molecular weight excluding hydrogens is 270 g/mol. The molecule has 2 aromatic heterocycles. The summed E-state index contributed by atoms with van der Waals surface area (Å²) in [6.45, 7) is 5.57. The first-order valence-electron chi connectivity index (χ1n) is 6.85. The van der Waals surface area contributed by atoms with Crippen LogP contribution in [0.1, 0.15) is 13.8 Å². The molecule has 114 valence electrons. The largest absolute Gasteiger partial charge is 0.354 e. The van der Waals surface area contributed by atoms with Gasteiger partial charge >= 0.3 is 0 Å². The van der Waals surface area contributed by atoms with E-state index in [1.165, 1.54) is 11.0 Å². The molecule has 9 heteroatoms. The van der Waals surface area contributed by atoms with Crippen LogP contribution in [0.2, 0.25) is 0 Å². The fraction of sp³-hybridized carbons (Fsp3) is 0.583. The number of rotatable bonds is 7. The van der Waals surface area contributed by atoms with E-state index in [1.54, 1.807) is 6.33 Å². The van der Waals surface area contributed by atoms with E-state index in [0.29, 0.717) is 23.9 Å². The third-order valence-corrected chi connectivity index (χ3v) is 3.02. The molecule has 0 amide bonds. The van der Waals surface area contributed by atoms with Crippen molar-refractivity contribution in [2.75, 3.05) is 37.8 Å². The summed E-state index contributed by atoms with van der Waals surface area (Å²) < 4.78 is 1.50. The maximum Gasteiger partial charge on any atom is 0.258 e. The molecular formula is C12H21N9. The minimum atomic E-state index is 0.360. The Morgan fingerprint density at radius 3 is 2.48 bits per heavy atom. The second-order valence-corrected chi connectivity index (χ2v) is 4.85. The van der Waals surface area contributed by atoms with Crippen molar-refractivity contribution in [3.05, 3.63) is 12.7 Å². The highest BCUT2D eigenvalue weighted by atomic mass is 15.4. The molecule has 0 saturated heterocycles. The highest BCUT2D eigenvalue weighted by molar-refractivity contribution is 5.37. The quantitative estimate of drug-likeness (QED) is 0.749. The number of nitrogens with zero attached hydrogens (tertiary/aromatic N) is 7. The first-order valence-corrected chi connectivity index (χ1v) is 6.85. The van der Waals surface area contributed by atoms with Gasteiger partial charge in [-0.3, -0.25) is 0 Å². The molecule has 0 bridgehead atoms. The van der Waals surface area contributed by atoms with Gasteiger partial charge in [0.05, 0.1) is 0 Å². The molecule has 1 unspecified atom stereocenters. The number of nitrogens with one attached hydrogen (secondary N) is 2. The zero-order chi connectivity index (χ0) is 15.2. The third-order valence-electron chi connectivity index (χ3n) is 3.02. The molecule has 0 saturated carbocycles. The zero-order valence-electron chi connectivity index (χ0n) is 12.8. The first-order chi connectivity index (χ1) is 10.1. The Bertz CT molecular complexity index is 552. The average Bonchev–Trinajstić information content (AvgIpc) is 2.99. The summed E-state index contributed by atoms with van der Waals surface area (Å²) in [5.74, 6) is 1.46. The fourth-order valence-corrected chi connectivity index (χ4v) is 1.52. The number of anilines is 2. The Hall–Kier alpha value is -2.29. The maximum absolute atomic E-state index is 4.36. The topological polar surface area (TPSA) is 96.7 Å². The average molecular weight is 291 g/mol. The Kier molecular flexibility index (Phi) is 4.99. The zero-order valence-corrected chi connectivity index (χ0v) is 12.8. The molecule has 2 heterocycles. The second kappa shape index (κ2) is 6.93. The van der Waals surface area contributed by atoms with Crippen molar-refractivity contribution in [3.8, 4) is 5.95 Å². The van der Waals surface area contributed by atoms with Crippen molar-refractivity contribution in [2.45, 2.75) is 19.9 Å². The molecule has 2 rings (SSSR count). The van der Waals surface area contributed by atoms with Crippen LogP contribution in [0, 0.1) is 0 Å². The summed E-state index contributed by atoms with van der Waals surface area (Å²) in [7, 11) is 4.06. The standard InChI is InChI=1S/C12H21N9/c1-5-14-10-17-11(15-6-9(2)20(3)4)19-12(18-10)21-8-13-7-16-21/h7-9H,5-6H2,1-4H3,(H2,14,15,17,18,19). The lowest BCUT2D eigenvalue weighted by atomic mass is 10.3. The minimum Gasteiger partial charge on any atom is -0.354 e. The summed E-state index contributed by atoms with van der Waals surface area (Å²) in [5, 5.41) is 10.3. The highest BCUT2D eigenvalue weighted by Crippen LogP contribution is 2.08. The molecule has 0 aliphatic carbocycles. The smallest absolute Gasteiger partial charge is 0.258 e. The molecule has 1 atom stereocenters. The van der Waals surface area contributed by atoms with Crippen LogP contribution < -0.4 is 10.6 Å². The van der Waals surface area contributed by atoms with Gasteiger partial charge < -0.3 is 15.5 Å². The lowest BCUT2D eigenvalue weighted by Crippen LogP contribution is -2.32. The van der Waals surface area contributed by atoms with Crippen molar-refractivity contribution in [1.82, 2.24) is 34.6 Å². The van der Waals surface area contributed by atoms with E-state index in [1.807, 2.05) is 21.0 Å². The van der Waals surface area contributed by atoms with Gasteiger partial charge in [0, 0.05) is 19.1 Å². The van der Waals surface area contributed by atoms with E-state index in [9.17, 15) is 0 Å². The molecule has 0 fully saturated rings. The van der Waals surface area contributed by atoms with Gasteiger partial charge in [-0.1, -0.05) is 0 Å². The fourth-order valence-electron chi connectivity index (χ4n) is 1.52. The highest BCUT2D eigenvalue weighted by Gasteiger charge is 2.10. The normalized spacial score (nSPS) is 12.4. The molecule has 2 aromatic rings.